The van der Waals surface area contributed by atoms with Crippen LogP contribution in [-0.4, -0.2) is 58.3 Å². The van der Waals surface area contributed by atoms with E-state index in [1.54, 1.807) is 50.5 Å². The van der Waals surface area contributed by atoms with Gasteiger partial charge in [0.25, 0.3) is 11.8 Å². The van der Waals surface area contributed by atoms with E-state index < -0.39 is 29.8 Å². The molecule has 11 heteroatoms. The molecule has 210 valence electrons. The third-order valence-corrected chi connectivity index (χ3v) is 7.25. The van der Waals surface area contributed by atoms with E-state index in [0.717, 1.165) is 5.56 Å². The lowest BCUT2D eigenvalue weighted by molar-refractivity contribution is -0.131. The fourth-order valence-corrected chi connectivity index (χ4v) is 4.88. The summed E-state index contributed by atoms with van der Waals surface area (Å²) < 4.78 is 20.8. The third-order valence-electron chi connectivity index (χ3n) is 6.76. The van der Waals surface area contributed by atoms with Gasteiger partial charge in [0.1, 0.15) is 29.5 Å². The molecule has 4 amide bonds. The van der Waals surface area contributed by atoms with Gasteiger partial charge in [-0.25, -0.2) is 14.2 Å². The van der Waals surface area contributed by atoms with Gasteiger partial charge in [-0.2, -0.15) is 0 Å². The number of hydrogen-bond acceptors (Lipinski definition) is 5. The second-order valence-electron chi connectivity index (χ2n) is 9.75. The van der Waals surface area contributed by atoms with Gasteiger partial charge in [-0.3, -0.25) is 14.5 Å². The molecule has 9 nitrogen and oxygen atoms in total. The van der Waals surface area contributed by atoms with Gasteiger partial charge in [0.15, 0.2) is 6.61 Å². The molecule has 1 aliphatic rings. The molecule has 4 aromatic rings. The Hall–Kier alpha value is -4.51. The standard InChI is InChI=1S/C30H27BrFN5O4/c1-36(2)26(38)17-41-21-11-8-19(9-12-21)27-29(39)37(30(40)35-27)25(14-18-6-4-3-5-7-18)28-33-16-24(34-28)22-13-10-20(31)15-23(22)32/h3-13,15-16,25,27H,14,17H2,1-2H3,(H,33,34)(H,35,40)/t25-,27?/m1/s1. The van der Waals surface area contributed by atoms with Gasteiger partial charge in [0, 0.05) is 30.6 Å². The van der Waals surface area contributed by atoms with Crippen molar-refractivity contribution in [3.63, 3.8) is 0 Å². The number of halogens is 2. The van der Waals surface area contributed by atoms with Gasteiger partial charge in [0.2, 0.25) is 0 Å². The zero-order valence-electron chi connectivity index (χ0n) is 22.3. The summed E-state index contributed by atoms with van der Waals surface area (Å²) in [7, 11) is 3.28. The number of likely N-dealkylation sites (N-methyl/N-ethyl adjacent to an activating group) is 1. The van der Waals surface area contributed by atoms with Gasteiger partial charge < -0.3 is 19.9 Å². The number of aromatic nitrogens is 2. The first-order valence-electron chi connectivity index (χ1n) is 12.8. The molecule has 2 atom stereocenters. The highest BCUT2D eigenvalue weighted by atomic mass is 79.9. The van der Waals surface area contributed by atoms with Crippen LogP contribution in [0.15, 0.2) is 83.5 Å². The molecule has 41 heavy (non-hydrogen) atoms. The minimum Gasteiger partial charge on any atom is -0.484 e. The first-order chi connectivity index (χ1) is 19.7. The van der Waals surface area contributed by atoms with Crippen molar-refractivity contribution >= 4 is 33.8 Å². The largest absolute Gasteiger partial charge is 0.484 e. The van der Waals surface area contributed by atoms with Gasteiger partial charge in [-0.1, -0.05) is 58.4 Å². The Balaban J connectivity index is 1.41. The highest BCUT2D eigenvalue weighted by molar-refractivity contribution is 9.10. The topological polar surface area (TPSA) is 108 Å². The number of urea groups is 1. The van der Waals surface area contributed by atoms with Crippen LogP contribution in [0.5, 0.6) is 5.75 Å². The molecule has 0 aliphatic carbocycles. The van der Waals surface area contributed by atoms with Crippen molar-refractivity contribution < 1.29 is 23.5 Å². The van der Waals surface area contributed by atoms with Crippen molar-refractivity contribution in [3.8, 4) is 17.0 Å². The molecule has 0 spiro atoms. The average molecular weight is 620 g/mol. The number of carbonyl (C=O) groups is 3. The van der Waals surface area contributed by atoms with Crippen LogP contribution < -0.4 is 10.1 Å². The Morgan fingerprint density at radius 2 is 1.83 bits per heavy atom. The zero-order valence-corrected chi connectivity index (χ0v) is 23.9. The van der Waals surface area contributed by atoms with E-state index in [9.17, 15) is 18.8 Å². The number of nitrogens with one attached hydrogen (secondary N) is 2. The summed E-state index contributed by atoms with van der Waals surface area (Å²) in [6, 6.07) is 18.5. The lowest BCUT2D eigenvalue weighted by Gasteiger charge is -2.24. The highest BCUT2D eigenvalue weighted by Gasteiger charge is 2.44. The van der Waals surface area contributed by atoms with E-state index in [1.165, 1.54) is 22.1 Å². The molecular weight excluding hydrogens is 593 g/mol. The van der Waals surface area contributed by atoms with Crippen molar-refractivity contribution in [1.29, 1.82) is 0 Å². The number of amides is 4. The predicted octanol–water partition coefficient (Wildman–Crippen LogP) is 5.02. The Morgan fingerprint density at radius 1 is 1.10 bits per heavy atom. The van der Waals surface area contributed by atoms with Crippen molar-refractivity contribution in [1.82, 2.24) is 25.1 Å². The number of imidazole rings is 1. The fourth-order valence-electron chi connectivity index (χ4n) is 4.54. The number of benzene rings is 3. The molecule has 3 aromatic carbocycles. The second-order valence-corrected chi connectivity index (χ2v) is 10.7. The van der Waals surface area contributed by atoms with E-state index in [0.29, 0.717) is 39.3 Å². The summed E-state index contributed by atoms with van der Waals surface area (Å²) in [5.41, 5.74) is 2.20. The number of aromatic amines is 1. The number of H-pyrrole nitrogens is 1. The molecular formula is C30H27BrFN5O4. The van der Waals surface area contributed by atoms with Crippen LogP contribution in [0.25, 0.3) is 11.3 Å². The molecule has 0 radical (unpaired) electrons. The minimum absolute atomic E-state index is 0.115. The summed E-state index contributed by atoms with van der Waals surface area (Å²) >= 11 is 3.26. The van der Waals surface area contributed by atoms with Gasteiger partial charge in [-0.15, -0.1) is 0 Å². The van der Waals surface area contributed by atoms with Crippen molar-refractivity contribution in [3.05, 3.63) is 106 Å². The molecule has 0 saturated carbocycles. The normalized spacial score (nSPS) is 15.5. The summed E-state index contributed by atoms with van der Waals surface area (Å²) in [5.74, 6) is -0.258. The first-order valence-corrected chi connectivity index (χ1v) is 13.6. The molecule has 1 fully saturated rings. The maximum Gasteiger partial charge on any atom is 0.325 e. The van der Waals surface area contributed by atoms with Crippen LogP contribution >= 0.6 is 15.9 Å². The maximum atomic E-state index is 14.7. The summed E-state index contributed by atoms with van der Waals surface area (Å²) in [5, 5.41) is 2.77. The molecule has 5 rings (SSSR count). The van der Waals surface area contributed by atoms with Crippen molar-refractivity contribution in [2.24, 2.45) is 0 Å². The molecule has 1 saturated heterocycles. The van der Waals surface area contributed by atoms with Gasteiger partial charge in [-0.05, 0) is 41.5 Å². The molecule has 0 bridgehead atoms. The minimum atomic E-state index is -0.920. The zero-order chi connectivity index (χ0) is 29.1. The van der Waals surface area contributed by atoms with Gasteiger partial charge in [0.05, 0.1) is 11.9 Å². The predicted molar refractivity (Wildman–Crippen MR) is 153 cm³/mol. The molecule has 1 aromatic heterocycles. The maximum absolute atomic E-state index is 14.7. The van der Waals surface area contributed by atoms with E-state index in [4.69, 9.17) is 4.74 Å². The smallest absolute Gasteiger partial charge is 0.325 e. The van der Waals surface area contributed by atoms with E-state index in [2.05, 4.69) is 31.2 Å². The van der Waals surface area contributed by atoms with Crippen LogP contribution in [0, 0.1) is 5.82 Å². The number of rotatable bonds is 9. The molecule has 2 N–H and O–H groups in total. The Bertz CT molecular complexity index is 1580. The Morgan fingerprint density at radius 3 is 2.51 bits per heavy atom. The quantitative estimate of drug-likeness (QED) is 0.256. The van der Waals surface area contributed by atoms with E-state index >= 15 is 0 Å². The van der Waals surface area contributed by atoms with Crippen LogP contribution in [0.2, 0.25) is 0 Å². The van der Waals surface area contributed by atoms with Gasteiger partial charge >= 0.3 is 6.03 Å². The lowest BCUT2D eigenvalue weighted by Crippen LogP contribution is -2.36. The average Bonchev–Trinajstić information content (AvgIpc) is 3.55. The molecule has 1 aliphatic heterocycles. The third kappa shape index (κ3) is 6.14. The number of hydrogen-bond donors (Lipinski definition) is 2. The Labute approximate surface area is 244 Å². The monoisotopic (exact) mass is 619 g/mol. The highest BCUT2D eigenvalue weighted by Crippen LogP contribution is 2.33. The first kappa shape index (κ1) is 28.0. The number of imide groups is 1. The summed E-state index contributed by atoms with van der Waals surface area (Å²) in [4.78, 5) is 49.0. The van der Waals surface area contributed by atoms with Crippen LogP contribution in [0.4, 0.5) is 9.18 Å². The molecule has 2 heterocycles. The lowest BCUT2D eigenvalue weighted by atomic mass is 10.0. The van der Waals surface area contributed by atoms with E-state index in [1.807, 2.05) is 30.3 Å². The van der Waals surface area contributed by atoms with Crippen LogP contribution in [0.3, 0.4) is 0 Å². The fraction of sp³-hybridized carbons (Fsp3) is 0.200. The molecule has 1 unspecified atom stereocenters. The van der Waals surface area contributed by atoms with Crippen molar-refractivity contribution in [2.45, 2.75) is 18.5 Å². The van der Waals surface area contributed by atoms with Crippen LogP contribution in [0.1, 0.15) is 29.0 Å². The number of ether oxygens (including phenoxy) is 1. The summed E-state index contributed by atoms with van der Waals surface area (Å²) in [6.07, 6.45) is 1.80. The number of nitrogens with zero attached hydrogens (tertiary/aromatic N) is 3. The van der Waals surface area contributed by atoms with E-state index in [-0.39, 0.29) is 12.5 Å². The number of carbonyl (C=O) groups excluding carboxylic acids is 3. The summed E-state index contributed by atoms with van der Waals surface area (Å²) in [6.45, 7) is -0.115. The van der Waals surface area contributed by atoms with Crippen molar-refractivity contribution in [2.75, 3.05) is 20.7 Å². The Kier molecular flexibility index (Phi) is 8.16. The second kappa shape index (κ2) is 11.9. The SMILES string of the molecule is CN(C)C(=O)COc1ccc(C2NC(=O)N([C@H](Cc3ccccc3)c3ncc(-c4ccc(Br)cc4F)[nH]3)C2=O)cc1. The van der Waals surface area contributed by atoms with Crippen LogP contribution in [-0.2, 0) is 16.0 Å².